The fourth-order valence-electron chi connectivity index (χ4n) is 2.81. The van der Waals surface area contributed by atoms with E-state index >= 15 is 0 Å². The standard InChI is InChI=1S/C20H22O4S/c1-23-16-8-4-15(5-9-16)19(21)13-24-17-6-2-14(3-7-17)12-18-10-11-20(22)25-18/h2-9,18-19,21H,10-13H2,1H3. The van der Waals surface area contributed by atoms with Gasteiger partial charge in [-0.05, 0) is 48.2 Å². The van der Waals surface area contributed by atoms with Crippen molar-refractivity contribution < 1.29 is 19.4 Å². The summed E-state index contributed by atoms with van der Waals surface area (Å²) in [6, 6.07) is 15.2. The Morgan fingerprint density at radius 2 is 1.80 bits per heavy atom. The number of thioether (sulfide) groups is 1. The molecule has 1 aliphatic rings. The van der Waals surface area contributed by atoms with Crippen LogP contribution in [0.4, 0.5) is 0 Å². The molecule has 0 saturated carbocycles. The predicted octanol–water partition coefficient (Wildman–Crippen LogP) is 3.77. The van der Waals surface area contributed by atoms with E-state index in [-0.39, 0.29) is 6.61 Å². The van der Waals surface area contributed by atoms with Crippen LogP contribution in [-0.4, -0.2) is 29.2 Å². The molecule has 0 amide bonds. The van der Waals surface area contributed by atoms with Crippen LogP contribution in [0.2, 0.25) is 0 Å². The smallest absolute Gasteiger partial charge is 0.189 e. The molecule has 2 aromatic carbocycles. The molecule has 3 rings (SSSR count). The lowest BCUT2D eigenvalue weighted by Gasteiger charge is -2.14. The largest absolute Gasteiger partial charge is 0.497 e. The third kappa shape index (κ3) is 5.00. The topological polar surface area (TPSA) is 55.8 Å². The Labute approximate surface area is 152 Å². The number of hydrogen-bond donors (Lipinski definition) is 1. The van der Waals surface area contributed by atoms with Crippen LogP contribution in [0.15, 0.2) is 48.5 Å². The van der Waals surface area contributed by atoms with E-state index in [0.29, 0.717) is 16.8 Å². The molecule has 132 valence electrons. The van der Waals surface area contributed by atoms with Gasteiger partial charge in [0, 0.05) is 11.7 Å². The van der Waals surface area contributed by atoms with Gasteiger partial charge in [0.1, 0.15) is 24.2 Å². The Morgan fingerprint density at radius 3 is 2.40 bits per heavy atom. The van der Waals surface area contributed by atoms with Crippen molar-refractivity contribution in [1.29, 1.82) is 0 Å². The molecule has 5 heteroatoms. The van der Waals surface area contributed by atoms with E-state index < -0.39 is 6.10 Å². The number of aliphatic hydroxyl groups excluding tert-OH is 1. The number of methoxy groups -OCH3 is 1. The lowest BCUT2D eigenvalue weighted by molar-refractivity contribution is -0.110. The van der Waals surface area contributed by atoms with Gasteiger partial charge >= 0.3 is 0 Å². The maximum Gasteiger partial charge on any atom is 0.189 e. The van der Waals surface area contributed by atoms with Crippen LogP contribution in [0.1, 0.15) is 30.1 Å². The quantitative estimate of drug-likeness (QED) is 0.816. The lowest BCUT2D eigenvalue weighted by Crippen LogP contribution is -2.09. The zero-order chi connectivity index (χ0) is 17.6. The molecule has 1 aliphatic heterocycles. The van der Waals surface area contributed by atoms with E-state index in [4.69, 9.17) is 9.47 Å². The van der Waals surface area contributed by atoms with E-state index in [1.54, 1.807) is 7.11 Å². The second-order valence-electron chi connectivity index (χ2n) is 6.10. The van der Waals surface area contributed by atoms with E-state index in [9.17, 15) is 9.90 Å². The molecule has 2 aromatic rings. The number of aliphatic hydroxyl groups is 1. The first kappa shape index (κ1) is 17.8. The van der Waals surface area contributed by atoms with Crippen molar-refractivity contribution in [2.75, 3.05) is 13.7 Å². The van der Waals surface area contributed by atoms with E-state index in [2.05, 4.69) is 0 Å². The lowest BCUT2D eigenvalue weighted by atomic mass is 10.1. The molecule has 2 atom stereocenters. The summed E-state index contributed by atoms with van der Waals surface area (Å²) >= 11 is 1.47. The number of carbonyl (C=O) groups is 1. The van der Waals surface area contributed by atoms with Crippen molar-refractivity contribution in [3.05, 3.63) is 59.7 Å². The molecule has 1 N–H and O–H groups in total. The Kier molecular flexibility index (Phi) is 6.00. The average Bonchev–Trinajstić information content (AvgIpc) is 3.05. The number of benzene rings is 2. The first-order valence-electron chi connectivity index (χ1n) is 8.37. The Balaban J connectivity index is 1.50. The van der Waals surface area contributed by atoms with Crippen molar-refractivity contribution >= 4 is 16.9 Å². The van der Waals surface area contributed by atoms with Crippen molar-refractivity contribution in [3.8, 4) is 11.5 Å². The molecule has 4 nitrogen and oxygen atoms in total. The van der Waals surface area contributed by atoms with Gasteiger partial charge in [-0.25, -0.2) is 0 Å². The molecule has 25 heavy (non-hydrogen) atoms. The maximum atomic E-state index is 11.3. The Bertz CT molecular complexity index is 697. The molecule has 0 radical (unpaired) electrons. The van der Waals surface area contributed by atoms with Crippen LogP contribution in [0.5, 0.6) is 11.5 Å². The predicted molar refractivity (Wildman–Crippen MR) is 99.2 cm³/mol. The molecule has 1 saturated heterocycles. The zero-order valence-corrected chi connectivity index (χ0v) is 15.0. The monoisotopic (exact) mass is 358 g/mol. The van der Waals surface area contributed by atoms with E-state index in [0.717, 1.165) is 29.9 Å². The van der Waals surface area contributed by atoms with Gasteiger partial charge in [-0.3, -0.25) is 4.79 Å². The van der Waals surface area contributed by atoms with Crippen LogP contribution in [-0.2, 0) is 11.2 Å². The average molecular weight is 358 g/mol. The summed E-state index contributed by atoms with van der Waals surface area (Å²) in [5, 5.41) is 10.9. The maximum absolute atomic E-state index is 11.3. The minimum atomic E-state index is -0.688. The minimum Gasteiger partial charge on any atom is -0.497 e. The minimum absolute atomic E-state index is 0.193. The van der Waals surface area contributed by atoms with Crippen LogP contribution >= 0.6 is 11.8 Å². The Morgan fingerprint density at radius 1 is 1.12 bits per heavy atom. The molecular formula is C20H22O4S. The molecule has 0 spiro atoms. The summed E-state index contributed by atoms with van der Waals surface area (Å²) in [5.41, 5.74) is 2.00. The number of rotatable bonds is 7. The molecule has 1 fully saturated rings. The number of hydrogen-bond acceptors (Lipinski definition) is 5. The van der Waals surface area contributed by atoms with Gasteiger partial charge in [-0.15, -0.1) is 0 Å². The highest BCUT2D eigenvalue weighted by Gasteiger charge is 2.22. The summed E-state index contributed by atoms with van der Waals surface area (Å²) < 4.78 is 10.8. The molecule has 0 bridgehead atoms. The van der Waals surface area contributed by atoms with Gasteiger partial charge in [0.05, 0.1) is 7.11 Å². The highest BCUT2D eigenvalue weighted by atomic mass is 32.2. The van der Waals surface area contributed by atoms with Crippen molar-refractivity contribution in [2.24, 2.45) is 0 Å². The fourth-order valence-corrected chi connectivity index (χ4v) is 3.93. The van der Waals surface area contributed by atoms with Gasteiger partial charge in [0.15, 0.2) is 5.12 Å². The van der Waals surface area contributed by atoms with Crippen LogP contribution < -0.4 is 9.47 Å². The second kappa shape index (κ2) is 8.41. The van der Waals surface area contributed by atoms with Crippen molar-refractivity contribution in [3.63, 3.8) is 0 Å². The van der Waals surface area contributed by atoms with Gasteiger partial charge < -0.3 is 14.6 Å². The van der Waals surface area contributed by atoms with Gasteiger partial charge in [0.2, 0.25) is 0 Å². The SMILES string of the molecule is COc1ccc(C(O)COc2ccc(CC3CCC(=O)S3)cc2)cc1. The van der Waals surface area contributed by atoms with E-state index in [1.807, 2.05) is 48.5 Å². The van der Waals surface area contributed by atoms with Crippen LogP contribution in [0.25, 0.3) is 0 Å². The highest BCUT2D eigenvalue weighted by molar-refractivity contribution is 8.14. The van der Waals surface area contributed by atoms with Crippen molar-refractivity contribution in [2.45, 2.75) is 30.6 Å². The fraction of sp³-hybridized carbons (Fsp3) is 0.350. The first-order valence-corrected chi connectivity index (χ1v) is 9.25. The summed E-state index contributed by atoms with van der Waals surface area (Å²) in [5.74, 6) is 1.49. The van der Waals surface area contributed by atoms with E-state index in [1.165, 1.54) is 17.3 Å². The third-order valence-corrected chi connectivity index (χ3v) is 5.47. The van der Waals surface area contributed by atoms with Gasteiger partial charge in [-0.1, -0.05) is 36.0 Å². The van der Waals surface area contributed by atoms with Gasteiger partial charge in [0.25, 0.3) is 0 Å². The molecule has 1 heterocycles. The Hall–Kier alpha value is -1.98. The summed E-state index contributed by atoms with van der Waals surface area (Å²) in [6.45, 7) is 0.193. The summed E-state index contributed by atoms with van der Waals surface area (Å²) in [6.07, 6.45) is 1.88. The second-order valence-corrected chi connectivity index (χ2v) is 7.46. The number of ether oxygens (including phenoxy) is 2. The number of carbonyl (C=O) groups excluding carboxylic acids is 1. The highest BCUT2D eigenvalue weighted by Crippen LogP contribution is 2.31. The molecule has 0 aromatic heterocycles. The first-order chi connectivity index (χ1) is 12.1. The summed E-state index contributed by atoms with van der Waals surface area (Å²) in [4.78, 5) is 11.3. The third-order valence-electron chi connectivity index (χ3n) is 4.26. The van der Waals surface area contributed by atoms with Crippen LogP contribution in [0.3, 0.4) is 0 Å². The zero-order valence-electron chi connectivity index (χ0n) is 14.2. The molecular weight excluding hydrogens is 336 g/mol. The van der Waals surface area contributed by atoms with Crippen LogP contribution in [0, 0.1) is 0 Å². The normalized spacial score (nSPS) is 18.2. The molecule has 2 unspecified atom stereocenters. The summed E-state index contributed by atoms with van der Waals surface area (Å²) in [7, 11) is 1.61. The van der Waals surface area contributed by atoms with Crippen molar-refractivity contribution in [1.82, 2.24) is 0 Å². The van der Waals surface area contributed by atoms with Gasteiger partial charge in [-0.2, -0.15) is 0 Å². The molecule has 0 aliphatic carbocycles.